The van der Waals surface area contributed by atoms with Gasteiger partial charge in [0.05, 0.1) is 6.26 Å². The monoisotopic (exact) mass is 353 g/mol. The molecule has 0 saturated carbocycles. The van der Waals surface area contributed by atoms with Crippen molar-refractivity contribution in [3.05, 3.63) is 71.5 Å². The Balaban J connectivity index is 1.93. The van der Waals surface area contributed by atoms with Gasteiger partial charge in [0.1, 0.15) is 17.2 Å². The molecular formula is C17H12BrN3O. The second kappa shape index (κ2) is 5.35. The number of furan rings is 1. The van der Waals surface area contributed by atoms with Gasteiger partial charge in [-0.05, 0) is 52.3 Å². The molecule has 3 heterocycles. The largest absolute Gasteiger partial charge is 0.463 e. The topological polar surface area (TPSA) is 42.5 Å². The second-order valence-electron chi connectivity index (χ2n) is 4.85. The summed E-state index contributed by atoms with van der Waals surface area (Å²) in [5, 5.41) is 3.43. The molecule has 0 amide bonds. The summed E-state index contributed by atoms with van der Waals surface area (Å²) in [7, 11) is 0. The summed E-state index contributed by atoms with van der Waals surface area (Å²) >= 11 is 3.51. The molecule has 0 saturated heterocycles. The highest BCUT2D eigenvalue weighted by atomic mass is 79.9. The minimum atomic E-state index is 0.734. The summed E-state index contributed by atoms with van der Waals surface area (Å²) in [6, 6.07) is 17.7. The number of benzene rings is 1. The van der Waals surface area contributed by atoms with Crippen LogP contribution in [0.5, 0.6) is 0 Å². The molecule has 0 unspecified atom stereocenters. The molecule has 0 spiro atoms. The predicted molar refractivity (Wildman–Crippen MR) is 90.3 cm³/mol. The van der Waals surface area contributed by atoms with Gasteiger partial charge in [-0.1, -0.05) is 18.2 Å². The van der Waals surface area contributed by atoms with E-state index in [1.54, 1.807) is 6.26 Å². The molecule has 0 bridgehead atoms. The second-order valence-corrected chi connectivity index (χ2v) is 5.77. The Bertz CT molecular complexity index is 914. The molecule has 4 rings (SSSR count). The van der Waals surface area contributed by atoms with Crippen LogP contribution in [-0.4, -0.2) is 9.38 Å². The van der Waals surface area contributed by atoms with Gasteiger partial charge in [-0.15, -0.1) is 0 Å². The van der Waals surface area contributed by atoms with Crippen molar-refractivity contribution in [1.29, 1.82) is 0 Å². The molecule has 1 aromatic carbocycles. The van der Waals surface area contributed by atoms with Crippen molar-refractivity contribution < 1.29 is 4.42 Å². The fraction of sp³-hybridized carbons (Fsp3) is 0. The predicted octanol–water partition coefficient (Wildman–Crippen LogP) is 5.10. The van der Waals surface area contributed by atoms with E-state index in [0.717, 1.165) is 33.1 Å². The Hall–Kier alpha value is -2.53. The SMILES string of the molecule is Brc1ccc2nc(-c3ccco3)c(Nc3ccccc3)n2c1. The molecule has 4 nitrogen and oxygen atoms in total. The number of hydrogen-bond acceptors (Lipinski definition) is 3. The van der Waals surface area contributed by atoms with Crippen LogP contribution in [-0.2, 0) is 0 Å². The minimum Gasteiger partial charge on any atom is -0.463 e. The number of aromatic nitrogens is 2. The minimum absolute atomic E-state index is 0.734. The Morgan fingerprint density at radius 1 is 1.00 bits per heavy atom. The molecule has 0 aliphatic heterocycles. The maximum absolute atomic E-state index is 5.53. The van der Waals surface area contributed by atoms with E-state index in [2.05, 4.69) is 26.2 Å². The average Bonchev–Trinajstić information content (AvgIpc) is 3.17. The van der Waals surface area contributed by atoms with E-state index in [1.807, 2.05) is 65.2 Å². The number of halogens is 1. The van der Waals surface area contributed by atoms with E-state index in [0.29, 0.717) is 0 Å². The number of pyridine rings is 1. The van der Waals surface area contributed by atoms with E-state index < -0.39 is 0 Å². The van der Waals surface area contributed by atoms with Gasteiger partial charge in [-0.3, -0.25) is 4.40 Å². The lowest BCUT2D eigenvalue weighted by atomic mass is 10.3. The van der Waals surface area contributed by atoms with Gasteiger partial charge >= 0.3 is 0 Å². The van der Waals surface area contributed by atoms with Crippen molar-refractivity contribution in [2.24, 2.45) is 0 Å². The third-order valence-electron chi connectivity index (χ3n) is 3.37. The van der Waals surface area contributed by atoms with Crippen molar-refractivity contribution >= 4 is 33.1 Å². The summed E-state index contributed by atoms with van der Waals surface area (Å²) in [6.07, 6.45) is 3.64. The zero-order chi connectivity index (χ0) is 14.9. The Morgan fingerprint density at radius 2 is 1.86 bits per heavy atom. The Labute approximate surface area is 135 Å². The molecule has 1 N–H and O–H groups in total. The lowest BCUT2D eigenvalue weighted by Gasteiger charge is -2.08. The van der Waals surface area contributed by atoms with E-state index in [9.17, 15) is 0 Å². The van der Waals surface area contributed by atoms with Gasteiger partial charge in [0.2, 0.25) is 0 Å². The van der Waals surface area contributed by atoms with E-state index in [-0.39, 0.29) is 0 Å². The van der Waals surface area contributed by atoms with Crippen LogP contribution in [0.25, 0.3) is 17.1 Å². The first-order valence-corrected chi connectivity index (χ1v) is 7.64. The first kappa shape index (κ1) is 13.2. The maximum Gasteiger partial charge on any atom is 0.156 e. The lowest BCUT2D eigenvalue weighted by Crippen LogP contribution is -1.96. The highest BCUT2D eigenvalue weighted by molar-refractivity contribution is 9.10. The third kappa shape index (κ3) is 2.29. The van der Waals surface area contributed by atoms with Crippen LogP contribution in [0.4, 0.5) is 11.5 Å². The van der Waals surface area contributed by atoms with Crippen molar-refractivity contribution in [2.75, 3.05) is 5.32 Å². The molecule has 0 aliphatic rings. The lowest BCUT2D eigenvalue weighted by molar-refractivity contribution is 0.581. The fourth-order valence-corrected chi connectivity index (χ4v) is 2.72. The fourth-order valence-electron chi connectivity index (χ4n) is 2.38. The molecule has 0 fully saturated rings. The van der Waals surface area contributed by atoms with E-state index in [4.69, 9.17) is 4.42 Å². The highest BCUT2D eigenvalue weighted by Gasteiger charge is 2.16. The van der Waals surface area contributed by atoms with Crippen LogP contribution < -0.4 is 5.32 Å². The number of rotatable bonds is 3. The number of nitrogens with zero attached hydrogens (tertiary/aromatic N) is 2. The van der Waals surface area contributed by atoms with Crippen LogP contribution >= 0.6 is 15.9 Å². The maximum atomic E-state index is 5.53. The third-order valence-corrected chi connectivity index (χ3v) is 3.84. The zero-order valence-corrected chi connectivity index (χ0v) is 13.1. The van der Waals surface area contributed by atoms with E-state index >= 15 is 0 Å². The molecule has 0 aliphatic carbocycles. The summed E-state index contributed by atoms with van der Waals surface area (Å²) < 4.78 is 8.52. The molecule has 5 heteroatoms. The molecule has 4 aromatic rings. The molecule has 108 valence electrons. The van der Waals surface area contributed by atoms with Crippen molar-refractivity contribution in [3.8, 4) is 11.5 Å². The first-order valence-electron chi connectivity index (χ1n) is 6.85. The number of fused-ring (bicyclic) bond motifs is 1. The summed E-state index contributed by atoms with van der Waals surface area (Å²) in [5.74, 6) is 1.61. The summed E-state index contributed by atoms with van der Waals surface area (Å²) in [5.41, 5.74) is 2.64. The van der Waals surface area contributed by atoms with Crippen LogP contribution in [0, 0.1) is 0 Å². The molecule has 3 aromatic heterocycles. The van der Waals surface area contributed by atoms with Gasteiger partial charge in [0.15, 0.2) is 5.76 Å². The quantitative estimate of drug-likeness (QED) is 0.557. The van der Waals surface area contributed by atoms with Crippen LogP contribution in [0.3, 0.4) is 0 Å². The number of para-hydroxylation sites is 1. The standard InChI is InChI=1S/C17H12BrN3O/c18-12-8-9-15-20-16(14-7-4-10-22-14)17(21(15)11-12)19-13-5-2-1-3-6-13/h1-11,19H. The van der Waals surface area contributed by atoms with Gasteiger partial charge in [0, 0.05) is 16.4 Å². The molecule has 0 atom stereocenters. The molecule has 0 radical (unpaired) electrons. The van der Waals surface area contributed by atoms with Gasteiger partial charge in [-0.2, -0.15) is 0 Å². The van der Waals surface area contributed by atoms with Gasteiger partial charge in [-0.25, -0.2) is 4.98 Å². The average molecular weight is 354 g/mol. The van der Waals surface area contributed by atoms with Gasteiger partial charge < -0.3 is 9.73 Å². The van der Waals surface area contributed by atoms with Crippen molar-refractivity contribution in [3.63, 3.8) is 0 Å². The van der Waals surface area contributed by atoms with Crippen LogP contribution in [0.2, 0.25) is 0 Å². The number of anilines is 2. The number of nitrogens with one attached hydrogen (secondary N) is 1. The van der Waals surface area contributed by atoms with Gasteiger partial charge in [0.25, 0.3) is 0 Å². The Morgan fingerprint density at radius 3 is 2.64 bits per heavy atom. The molecule has 22 heavy (non-hydrogen) atoms. The summed E-state index contributed by atoms with van der Waals surface area (Å²) in [4.78, 5) is 4.68. The highest BCUT2D eigenvalue weighted by Crippen LogP contribution is 2.32. The first-order chi connectivity index (χ1) is 10.8. The Kier molecular flexibility index (Phi) is 3.20. The summed E-state index contributed by atoms with van der Waals surface area (Å²) in [6.45, 7) is 0. The normalized spacial score (nSPS) is 11.0. The van der Waals surface area contributed by atoms with Crippen molar-refractivity contribution in [2.45, 2.75) is 0 Å². The van der Waals surface area contributed by atoms with Crippen molar-refractivity contribution in [1.82, 2.24) is 9.38 Å². The van der Waals surface area contributed by atoms with Crippen LogP contribution in [0.15, 0.2) is 75.9 Å². The van der Waals surface area contributed by atoms with Crippen LogP contribution in [0.1, 0.15) is 0 Å². The number of imidazole rings is 1. The number of hydrogen-bond donors (Lipinski definition) is 1. The molecular weight excluding hydrogens is 342 g/mol. The van der Waals surface area contributed by atoms with E-state index in [1.165, 1.54) is 0 Å². The zero-order valence-electron chi connectivity index (χ0n) is 11.5. The smallest absolute Gasteiger partial charge is 0.156 e.